The van der Waals surface area contributed by atoms with Crippen LogP contribution in [0.4, 0.5) is 5.69 Å². The lowest BCUT2D eigenvalue weighted by Crippen LogP contribution is -2.16. The zero-order valence-electron chi connectivity index (χ0n) is 11.9. The standard InChI is InChI=1S/C18H20N2/c1-13-5-6-15-10-20(12-17(15)9-13)11-16-4-2-3-14-7-8-19-18(14)16/h2-6,9,19H,7-8,10-12H2,1H3. The largest absolute Gasteiger partial charge is 0.384 e. The number of nitrogens with one attached hydrogen (secondary N) is 1. The Kier molecular flexibility index (Phi) is 2.78. The molecule has 1 N–H and O–H groups in total. The van der Waals surface area contributed by atoms with Crippen LogP contribution in [-0.4, -0.2) is 11.4 Å². The zero-order valence-corrected chi connectivity index (χ0v) is 11.9. The number of para-hydroxylation sites is 1. The molecule has 0 saturated heterocycles. The summed E-state index contributed by atoms with van der Waals surface area (Å²) < 4.78 is 0. The number of aryl methyl sites for hydroxylation is 1. The van der Waals surface area contributed by atoms with E-state index in [-0.39, 0.29) is 0 Å². The van der Waals surface area contributed by atoms with Crippen LogP contribution in [0, 0.1) is 6.92 Å². The van der Waals surface area contributed by atoms with Crippen LogP contribution >= 0.6 is 0 Å². The molecule has 0 unspecified atom stereocenters. The highest BCUT2D eigenvalue weighted by atomic mass is 15.1. The number of nitrogens with zero attached hydrogens (tertiary/aromatic N) is 1. The van der Waals surface area contributed by atoms with Gasteiger partial charge in [0, 0.05) is 31.9 Å². The summed E-state index contributed by atoms with van der Waals surface area (Å²) >= 11 is 0. The smallest absolute Gasteiger partial charge is 0.0419 e. The molecular weight excluding hydrogens is 244 g/mol. The molecule has 102 valence electrons. The molecular formula is C18H20N2. The highest BCUT2D eigenvalue weighted by Gasteiger charge is 2.21. The van der Waals surface area contributed by atoms with Crippen molar-refractivity contribution in [3.63, 3.8) is 0 Å². The van der Waals surface area contributed by atoms with Gasteiger partial charge in [-0.2, -0.15) is 0 Å². The molecule has 4 rings (SSSR count). The van der Waals surface area contributed by atoms with Gasteiger partial charge >= 0.3 is 0 Å². The van der Waals surface area contributed by atoms with E-state index in [2.05, 4.69) is 53.5 Å². The summed E-state index contributed by atoms with van der Waals surface area (Å²) in [5, 5.41) is 3.55. The van der Waals surface area contributed by atoms with Gasteiger partial charge in [0.25, 0.3) is 0 Å². The van der Waals surface area contributed by atoms with Crippen molar-refractivity contribution in [2.24, 2.45) is 0 Å². The average Bonchev–Trinajstić information content (AvgIpc) is 3.04. The predicted octanol–water partition coefficient (Wildman–Crippen LogP) is 3.48. The van der Waals surface area contributed by atoms with Crippen LogP contribution in [0.3, 0.4) is 0 Å². The molecule has 2 heterocycles. The first kappa shape index (κ1) is 12.0. The third-order valence-electron chi connectivity index (χ3n) is 4.48. The van der Waals surface area contributed by atoms with Crippen LogP contribution in [0.15, 0.2) is 36.4 Å². The lowest BCUT2D eigenvalue weighted by atomic mass is 10.1. The Morgan fingerprint density at radius 2 is 1.95 bits per heavy atom. The maximum atomic E-state index is 3.55. The normalized spacial score (nSPS) is 16.9. The molecule has 2 aromatic carbocycles. The summed E-state index contributed by atoms with van der Waals surface area (Å²) in [6.45, 7) is 6.48. The maximum absolute atomic E-state index is 3.55. The summed E-state index contributed by atoms with van der Waals surface area (Å²) in [7, 11) is 0. The van der Waals surface area contributed by atoms with Gasteiger partial charge in [-0.1, -0.05) is 42.0 Å². The molecule has 2 nitrogen and oxygen atoms in total. The van der Waals surface area contributed by atoms with E-state index in [1.54, 1.807) is 0 Å². The van der Waals surface area contributed by atoms with E-state index < -0.39 is 0 Å². The van der Waals surface area contributed by atoms with Gasteiger partial charge in [-0.15, -0.1) is 0 Å². The minimum absolute atomic E-state index is 1.05. The molecule has 0 spiro atoms. The van der Waals surface area contributed by atoms with E-state index in [1.807, 2.05) is 0 Å². The first-order chi connectivity index (χ1) is 9.79. The monoisotopic (exact) mass is 264 g/mol. The molecule has 0 bridgehead atoms. The fourth-order valence-corrected chi connectivity index (χ4v) is 3.49. The second kappa shape index (κ2) is 4.64. The molecule has 0 fully saturated rings. The van der Waals surface area contributed by atoms with E-state index in [9.17, 15) is 0 Å². The van der Waals surface area contributed by atoms with E-state index in [1.165, 1.54) is 39.9 Å². The van der Waals surface area contributed by atoms with Crippen molar-refractivity contribution in [3.8, 4) is 0 Å². The van der Waals surface area contributed by atoms with Crippen LogP contribution in [0.2, 0.25) is 0 Å². The average molecular weight is 264 g/mol. The molecule has 0 radical (unpaired) electrons. The van der Waals surface area contributed by atoms with Crippen molar-refractivity contribution in [2.45, 2.75) is 33.0 Å². The molecule has 0 atom stereocenters. The molecule has 2 aliphatic heterocycles. The van der Waals surface area contributed by atoms with Crippen LogP contribution in [0.5, 0.6) is 0 Å². The van der Waals surface area contributed by atoms with Crippen molar-refractivity contribution in [2.75, 3.05) is 11.9 Å². The van der Waals surface area contributed by atoms with Gasteiger partial charge < -0.3 is 5.32 Å². The molecule has 0 aliphatic carbocycles. The Morgan fingerprint density at radius 3 is 2.90 bits per heavy atom. The summed E-state index contributed by atoms with van der Waals surface area (Å²) in [4.78, 5) is 2.54. The second-order valence-corrected chi connectivity index (χ2v) is 6.05. The first-order valence-corrected chi connectivity index (χ1v) is 7.45. The van der Waals surface area contributed by atoms with Gasteiger partial charge in [0.2, 0.25) is 0 Å². The van der Waals surface area contributed by atoms with Gasteiger partial charge in [0.05, 0.1) is 0 Å². The van der Waals surface area contributed by atoms with E-state index >= 15 is 0 Å². The van der Waals surface area contributed by atoms with Gasteiger partial charge in [-0.3, -0.25) is 4.90 Å². The van der Waals surface area contributed by atoms with Crippen LogP contribution in [-0.2, 0) is 26.1 Å². The van der Waals surface area contributed by atoms with E-state index in [0.717, 1.165) is 26.2 Å². The molecule has 2 heteroatoms. The van der Waals surface area contributed by atoms with E-state index in [4.69, 9.17) is 0 Å². The fourth-order valence-electron chi connectivity index (χ4n) is 3.49. The van der Waals surface area contributed by atoms with Crippen molar-refractivity contribution in [1.82, 2.24) is 4.90 Å². The highest BCUT2D eigenvalue weighted by Crippen LogP contribution is 2.30. The van der Waals surface area contributed by atoms with Crippen LogP contribution in [0.25, 0.3) is 0 Å². The summed E-state index contributed by atoms with van der Waals surface area (Å²) in [5.74, 6) is 0. The molecule has 2 aromatic rings. The summed E-state index contributed by atoms with van der Waals surface area (Å²) in [6.07, 6.45) is 1.17. The van der Waals surface area contributed by atoms with Gasteiger partial charge in [0.15, 0.2) is 0 Å². The summed E-state index contributed by atoms with van der Waals surface area (Å²) in [6, 6.07) is 13.6. The van der Waals surface area contributed by atoms with Crippen LogP contribution in [0.1, 0.15) is 27.8 Å². The Morgan fingerprint density at radius 1 is 1.05 bits per heavy atom. The number of hydrogen-bond donors (Lipinski definition) is 1. The number of anilines is 1. The number of fused-ring (bicyclic) bond motifs is 2. The quantitative estimate of drug-likeness (QED) is 0.893. The topological polar surface area (TPSA) is 15.3 Å². The first-order valence-electron chi connectivity index (χ1n) is 7.45. The van der Waals surface area contributed by atoms with Crippen molar-refractivity contribution in [1.29, 1.82) is 0 Å². The Labute approximate surface area is 120 Å². The number of benzene rings is 2. The Hall–Kier alpha value is -1.80. The minimum Gasteiger partial charge on any atom is -0.384 e. The predicted molar refractivity (Wildman–Crippen MR) is 82.8 cm³/mol. The molecule has 20 heavy (non-hydrogen) atoms. The van der Waals surface area contributed by atoms with Gasteiger partial charge in [-0.25, -0.2) is 0 Å². The SMILES string of the molecule is Cc1ccc2c(c1)CN(Cc1cccc3c1NCC3)C2. The third kappa shape index (κ3) is 2.01. The lowest BCUT2D eigenvalue weighted by Gasteiger charge is -2.17. The third-order valence-corrected chi connectivity index (χ3v) is 4.48. The van der Waals surface area contributed by atoms with Gasteiger partial charge in [0.1, 0.15) is 0 Å². The number of hydrogen-bond acceptors (Lipinski definition) is 2. The molecule has 0 saturated carbocycles. The second-order valence-electron chi connectivity index (χ2n) is 6.05. The van der Waals surface area contributed by atoms with E-state index in [0.29, 0.717) is 0 Å². The molecule has 0 aromatic heterocycles. The van der Waals surface area contributed by atoms with Crippen molar-refractivity contribution < 1.29 is 0 Å². The number of rotatable bonds is 2. The van der Waals surface area contributed by atoms with Crippen molar-refractivity contribution >= 4 is 5.69 Å². The van der Waals surface area contributed by atoms with Crippen LogP contribution < -0.4 is 5.32 Å². The van der Waals surface area contributed by atoms with Gasteiger partial charge in [-0.05, 0) is 35.6 Å². The Balaban J connectivity index is 1.56. The summed E-state index contributed by atoms with van der Waals surface area (Å²) in [5.41, 5.74) is 8.69. The lowest BCUT2D eigenvalue weighted by molar-refractivity contribution is 0.276. The fraction of sp³-hybridized carbons (Fsp3) is 0.333. The minimum atomic E-state index is 1.05. The zero-order chi connectivity index (χ0) is 13.5. The molecule has 2 aliphatic rings. The maximum Gasteiger partial charge on any atom is 0.0419 e. The molecule has 0 amide bonds. The van der Waals surface area contributed by atoms with Crippen molar-refractivity contribution in [3.05, 3.63) is 64.2 Å². The Bertz CT molecular complexity index is 660. The highest BCUT2D eigenvalue weighted by molar-refractivity contribution is 5.61.